The molecule has 0 atom stereocenters. The summed E-state index contributed by atoms with van der Waals surface area (Å²) in [7, 11) is 0. The Morgan fingerprint density at radius 2 is 2.33 bits per heavy atom. The molecule has 0 amide bonds. The molecule has 1 aliphatic rings. The summed E-state index contributed by atoms with van der Waals surface area (Å²) in [4.78, 5) is 4.37. The molecule has 1 aliphatic heterocycles. The zero-order chi connectivity index (χ0) is 10.3. The molecule has 0 radical (unpaired) electrons. The van der Waals surface area contributed by atoms with Gasteiger partial charge < -0.3 is 4.42 Å². The van der Waals surface area contributed by atoms with Crippen molar-refractivity contribution in [1.82, 2.24) is 10.2 Å². The lowest BCUT2D eigenvalue weighted by Gasteiger charge is -2.02. The van der Waals surface area contributed by atoms with Gasteiger partial charge in [-0.15, -0.1) is 5.10 Å². The van der Waals surface area contributed by atoms with Crippen molar-refractivity contribution in [3.05, 3.63) is 35.7 Å². The Hall–Kier alpha value is -1.97. The van der Waals surface area contributed by atoms with Gasteiger partial charge in [-0.25, -0.2) is 0 Å². The van der Waals surface area contributed by atoms with E-state index in [4.69, 9.17) is 4.42 Å². The third-order valence-electron chi connectivity index (χ3n) is 2.57. The van der Waals surface area contributed by atoms with E-state index in [9.17, 15) is 0 Å². The second-order valence-corrected chi connectivity index (χ2v) is 3.46. The number of aromatic nitrogens is 2. The van der Waals surface area contributed by atoms with Gasteiger partial charge in [-0.2, -0.15) is 5.10 Å². The fourth-order valence-corrected chi connectivity index (χ4v) is 1.78. The van der Waals surface area contributed by atoms with E-state index < -0.39 is 0 Å². The largest absolute Gasteiger partial charge is 0.463 e. The summed E-state index contributed by atoms with van der Waals surface area (Å²) < 4.78 is 5.33. The Kier molecular flexibility index (Phi) is 1.68. The molecular formula is C11H9N3O. The van der Waals surface area contributed by atoms with Gasteiger partial charge in [-0.3, -0.25) is 4.99 Å². The number of furan rings is 1. The minimum atomic E-state index is 0.673. The molecule has 0 bridgehead atoms. The Balaban J connectivity index is 2.21. The molecule has 0 aromatic carbocycles. The first kappa shape index (κ1) is 8.35. The Bertz CT molecular complexity index is 529. The molecule has 0 saturated heterocycles. The van der Waals surface area contributed by atoms with Crippen molar-refractivity contribution < 1.29 is 4.42 Å². The van der Waals surface area contributed by atoms with Crippen molar-refractivity contribution in [3.63, 3.8) is 0 Å². The van der Waals surface area contributed by atoms with Crippen LogP contribution in [0.4, 0.5) is 0 Å². The van der Waals surface area contributed by atoms with Gasteiger partial charge in [0, 0.05) is 16.8 Å². The molecule has 15 heavy (non-hydrogen) atoms. The molecule has 0 unspecified atom stereocenters. The third kappa shape index (κ3) is 1.18. The molecule has 0 spiro atoms. The van der Waals surface area contributed by atoms with Gasteiger partial charge in [0.1, 0.15) is 5.69 Å². The maximum atomic E-state index is 5.33. The highest BCUT2D eigenvalue weighted by Crippen LogP contribution is 2.27. The van der Waals surface area contributed by atoms with Gasteiger partial charge in [0.2, 0.25) is 0 Å². The van der Waals surface area contributed by atoms with Crippen LogP contribution in [-0.4, -0.2) is 15.9 Å². The number of aliphatic imine (C=N–C) groups is 1. The monoisotopic (exact) mass is 199 g/mol. The molecule has 74 valence electrons. The van der Waals surface area contributed by atoms with Crippen LogP contribution in [-0.2, 0) is 6.54 Å². The molecule has 0 N–H and O–H groups in total. The lowest BCUT2D eigenvalue weighted by Crippen LogP contribution is -1.98. The highest BCUT2D eigenvalue weighted by atomic mass is 16.3. The molecule has 3 heterocycles. The topological polar surface area (TPSA) is 51.3 Å². The van der Waals surface area contributed by atoms with Crippen molar-refractivity contribution in [2.24, 2.45) is 4.99 Å². The van der Waals surface area contributed by atoms with Crippen LogP contribution in [0.25, 0.3) is 11.5 Å². The average molecular weight is 199 g/mol. The molecule has 2 aromatic heterocycles. The van der Waals surface area contributed by atoms with Crippen molar-refractivity contribution in [2.45, 2.75) is 13.5 Å². The number of hydrogen-bond acceptors (Lipinski definition) is 4. The van der Waals surface area contributed by atoms with E-state index in [0.717, 1.165) is 28.3 Å². The zero-order valence-electron chi connectivity index (χ0n) is 8.27. The summed E-state index contributed by atoms with van der Waals surface area (Å²) in [5, 5.41) is 8.08. The molecular weight excluding hydrogens is 190 g/mol. The summed E-state index contributed by atoms with van der Waals surface area (Å²) in [6, 6.07) is 3.73. The maximum Gasteiger partial charge on any atom is 0.154 e. The first-order valence-corrected chi connectivity index (χ1v) is 4.76. The van der Waals surface area contributed by atoms with E-state index in [0.29, 0.717) is 6.54 Å². The second kappa shape index (κ2) is 3.02. The van der Waals surface area contributed by atoms with E-state index in [1.165, 1.54) is 0 Å². The third-order valence-corrected chi connectivity index (χ3v) is 2.57. The van der Waals surface area contributed by atoms with Gasteiger partial charge in [-0.05, 0) is 19.1 Å². The average Bonchev–Trinajstić information content (AvgIpc) is 2.88. The van der Waals surface area contributed by atoms with Crippen molar-refractivity contribution >= 4 is 5.71 Å². The van der Waals surface area contributed by atoms with Crippen LogP contribution in [0.5, 0.6) is 0 Å². The maximum absolute atomic E-state index is 5.33. The van der Waals surface area contributed by atoms with Crippen LogP contribution < -0.4 is 0 Å². The van der Waals surface area contributed by atoms with Crippen molar-refractivity contribution in [1.29, 1.82) is 0 Å². The van der Waals surface area contributed by atoms with Crippen LogP contribution in [0.1, 0.15) is 18.1 Å². The van der Waals surface area contributed by atoms with Crippen molar-refractivity contribution in [3.8, 4) is 11.5 Å². The van der Waals surface area contributed by atoms with E-state index >= 15 is 0 Å². The van der Waals surface area contributed by atoms with Gasteiger partial charge in [0.05, 0.1) is 19.0 Å². The zero-order valence-corrected chi connectivity index (χ0v) is 8.27. The predicted octanol–water partition coefficient (Wildman–Crippen LogP) is 2.06. The highest BCUT2D eigenvalue weighted by molar-refractivity contribution is 6.02. The summed E-state index contributed by atoms with van der Waals surface area (Å²) >= 11 is 0. The molecule has 0 aliphatic carbocycles. The van der Waals surface area contributed by atoms with Gasteiger partial charge >= 0.3 is 0 Å². The molecule has 0 saturated carbocycles. The Labute approximate surface area is 86.7 Å². The Morgan fingerprint density at radius 3 is 3.13 bits per heavy atom. The smallest absolute Gasteiger partial charge is 0.154 e. The summed E-state index contributed by atoms with van der Waals surface area (Å²) in [6.07, 6.45) is 3.40. The molecule has 4 heteroatoms. The molecule has 2 aromatic rings. The van der Waals surface area contributed by atoms with Crippen molar-refractivity contribution in [2.75, 3.05) is 0 Å². The first-order chi connectivity index (χ1) is 7.36. The minimum Gasteiger partial charge on any atom is -0.463 e. The second-order valence-electron chi connectivity index (χ2n) is 3.46. The summed E-state index contributed by atoms with van der Waals surface area (Å²) in [6.45, 7) is 2.66. The van der Waals surface area contributed by atoms with E-state index in [2.05, 4.69) is 15.2 Å². The van der Waals surface area contributed by atoms with Gasteiger partial charge in [-0.1, -0.05) is 0 Å². The number of nitrogens with zero attached hydrogens (tertiary/aromatic N) is 3. The number of hydrogen-bond donors (Lipinski definition) is 0. The number of fused-ring (bicyclic) bond motifs is 1. The summed E-state index contributed by atoms with van der Waals surface area (Å²) in [5.41, 5.74) is 4.01. The van der Waals surface area contributed by atoms with Crippen LogP contribution in [0.3, 0.4) is 0 Å². The summed E-state index contributed by atoms with van der Waals surface area (Å²) in [5.74, 6) is 0.754. The van der Waals surface area contributed by atoms with Crippen LogP contribution in [0.2, 0.25) is 0 Å². The Morgan fingerprint density at radius 1 is 1.40 bits per heavy atom. The lowest BCUT2D eigenvalue weighted by atomic mass is 10.1. The van der Waals surface area contributed by atoms with Crippen LogP contribution in [0, 0.1) is 0 Å². The SMILES string of the molecule is CC1=NCc2c1cnnc2-c1ccco1. The van der Waals surface area contributed by atoms with Gasteiger partial charge in [0.25, 0.3) is 0 Å². The quantitative estimate of drug-likeness (QED) is 0.706. The van der Waals surface area contributed by atoms with E-state index in [-0.39, 0.29) is 0 Å². The van der Waals surface area contributed by atoms with Crippen LogP contribution >= 0.6 is 0 Å². The fraction of sp³-hybridized carbons (Fsp3) is 0.182. The molecule has 3 rings (SSSR count). The molecule has 4 nitrogen and oxygen atoms in total. The number of rotatable bonds is 1. The normalized spacial score (nSPS) is 13.8. The predicted molar refractivity (Wildman–Crippen MR) is 55.6 cm³/mol. The van der Waals surface area contributed by atoms with E-state index in [1.54, 1.807) is 12.5 Å². The lowest BCUT2D eigenvalue weighted by molar-refractivity contribution is 0.578. The minimum absolute atomic E-state index is 0.673. The molecule has 0 fully saturated rings. The first-order valence-electron chi connectivity index (χ1n) is 4.76. The van der Waals surface area contributed by atoms with Gasteiger partial charge in [0.15, 0.2) is 5.76 Å². The highest BCUT2D eigenvalue weighted by Gasteiger charge is 2.19. The standard InChI is InChI=1S/C11H9N3O/c1-7-8-6-13-14-11(9(8)5-12-7)10-3-2-4-15-10/h2-4,6H,5H2,1H3. The fourth-order valence-electron chi connectivity index (χ4n) is 1.78. The van der Waals surface area contributed by atoms with Crippen LogP contribution in [0.15, 0.2) is 34.0 Å². The van der Waals surface area contributed by atoms with E-state index in [1.807, 2.05) is 19.1 Å².